The van der Waals surface area contributed by atoms with Gasteiger partial charge < -0.3 is 15.4 Å². The van der Waals surface area contributed by atoms with Crippen LogP contribution >= 0.6 is 0 Å². The van der Waals surface area contributed by atoms with Crippen molar-refractivity contribution in [3.63, 3.8) is 0 Å². The van der Waals surface area contributed by atoms with Crippen LogP contribution in [-0.4, -0.2) is 22.8 Å². The fraction of sp³-hybridized carbons (Fsp3) is 0.714. The highest BCUT2D eigenvalue weighted by atomic mass is 16.3. The molecule has 1 unspecified atom stereocenters. The molecule has 3 N–H and O–H groups in total. The summed E-state index contributed by atoms with van der Waals surface area (Å²) in [4.78, 5) is 0. The lowest BCUT2D eigenvalue weighted by atomic mass is 9.83. The number of aromatic nitrogens is 1. The van der Waals surface area contributed by atoms with Crippen LogP contribution in [-0.2, 0) is 12.0 Å². The maximum Gasteiger partial charge on any atom is 0.0538 e. The van der Waals surface area contributed by atoms with Crippen molar-refractivity contribution in [3.8, 4) is 0 Å². The van der Waals surface area contributed by atoms with Crippen LogP contribution in [0.15, 0.2) is 6.07 Å². The lowest BCUT2D eigenvalue weighted by Gasteiger charge is -2.26. The summed E-state index contributed by atoms with van der Waals surface area (Å²) in [6.07, 6.45) is 0. The highest BCUT2D eigenvalue weighted by Crippen LogP contribution is 2.28. The quantitative estimate of drug-likeness (QED) is 0.824. The number of aliphatic hydroxyl groups excluding tert-OH is 1. The van der Waals surface area contributed by atoms with Crippen molar-refractivity contribution >= 4 is 0 Å². The number of rotatable bonds is 5. The molecule has 0 spiro atoms. The van der Waals surface area contributed by atoms with Gasteiger partial charge in [-0.1, -0.05) is 20.8 Å². The van der Waals surface area contributed by atoms with Crippen molar-refractivity contribution in [3.05, 3.63) is 23.0 Å². The summed E-state index contributed by atoms with van der Waals surface area (Å²) >= 11 is 0. The van der Waals surface area contributed by atoms with Crippen molar-refractivity contribution in [2.45, 2.75) is 46.6 Å². The normalized spacial score (nSPS) is 15.3. The van der Waals surface area contributed by atoms with Crippen molar-refractivity contribution in [2.24, 2.45) is 11.7 Å². The lowest BCUT2D eigenvalue weighted by molar-refractivity contribution is 0.209. The van der Waals surface area contributed by atoms with Gasteiger partial charge in [-0.05, 0) is 31.4 Å². The first-order valence-electron chi connectivity index (χ1n) is 6.34. The van der Waals surface area contributed by atoms with Gasteiger partial charge in [0.1, 0.15) is 0 Å². The molecular weight excluding hydrogens is 212 g/mol. The molecule has 0 fully saturated rings. The molecule has 0 bridgehead atoms. The third kappa shape index (κ3) is 2.72. The van der Waals surface area contributed by atoms with E-state index in [-0.39, 0.29) is 12.0 Å². The summed E-state index contributed by atoms with van der Waals surface area (Å²) in [6, 6.07) is 2.17. The first-order valence-corrected chi connectivity index (χ1v) is 6.34. The summed E-state index contributed by atoms with van der Waals surface area (Å²) in [7, 11) is 0. The second kappa shape index (κ2) is 5.23. The predicted octanol–water partition coefficient (Wildman–Crippen LogP) is 1.97. The molecule has 0 aromatic carbocycles. The molecular formula is C14H26N2O. The Hall–Kier alpha value is -0.800. The zero-order chi connectivity index (χ0) is 13.2. The Morgan fingerprint density at radius 1 is 1.41 bits per heavy atom. The van der Waals surface area contributed by atoms with Crippen LogP contribution in [0.3, 0.4) is 0 Å². The maximum atomic E-state index is 9.56. The number of aliphatic hydroxyl groups is 1. The van der Waals surface area contributed by atoms with E-state index in [1.54, 1.807) is 0 Å². The number of aryl methyl sites for hydroxylation is 1. The standard InChI is InChI=1S/C14H26N2O/c1-10(2)7-16-11(3)6-13(12(16)4)14(5,8-15)9-17/h6,10,17H,7-9,15H2,1-5H3. The highest BCUT2D eigenvalue weighted by Gasteiger charge is 2.28. The zero-order valence-corrected chi connectivity index (χ0v) is 11.7. The number of nitrogens with two attached hydrogens (primary N) is 1. The molecule has 98 valence electrons. The predicted molar refractivity (Wildman–Crippen MR) is 72.2 cm³/mol. The van der Waals surface area contributed by atoms with E-state index in [0.717, 1.165) is 6.54 Å². The number of hydrogen-bond acceptors (Lipinski definition) is 2. The van der Waals surface area contributed by atoms with Gasteiger partial charge >= 0.3 is 0 Å². The molecule has 17 heavy (non-hydrogen) atoms. The average Bonchev–Trinajstić information content (AvgIpc) is 2.56. The maximum absolute atomic E-state index is 9.56. The van der Waals surface area contributed by atoms with Crippen LogP contribution in [0.1, 0.15) is 37.7 Å². The van der Waals surface area contributed by atoms with Crippen LogP contribution in [0, 0.1) is 19.8 Å². The van der Waals surface area contributed by atoms with Gasteiger partial charge in [-0.3, -0.25) is 0 Å². The Morgan fingerprint density at radius 3 is 2.41 bits per heavy atom. The van der Waals surface area contributed by atoms with Gasteiger partial charge in [-0.15, -0.1) is 0 Å². The van der Waals surface area contributed by atoms with Crippen LogP contribution in [0.5, 0.6) is 0 Å². The fourth-order valence-electron chi connectivity index (χ4n) is 2.32. The molecule has 1 aromatic heterocycles. The second-order valence-corrected chi connectivity index (χ2v) is 5.71. The largest absolute Gasteiger partial charge is 0.395 e. The average molecular weight is 238 g/mol. The third-order valence-corrected chi connectivity index (χ3v) is 3.57. The summed E-state index contributed by atoms with van der Waals surface area (Å²) in [5.74, 6) is 0.617. The molecule has 1 aromatic rings. The molecule has 1 rings (SSSR count). The van der Waals surface area contributed by atoms with E-state index in [2.05, 4.69) is 38.3 Å². The minimum absolute atomic E-state index is 0.0927. The second-order valence-electron chi connectivity index (χ2n) is 5.71. The summed E-state index contributed by atoms with van der Waals surface area (Å²) in [6.45, 7) is 12.3. The van der Waals surface area contributed by atoms with Gasteiger partial charge in [-0.2, -0.15) is 0 Å². The van der Waals surface area contributed by atoms with Gasteiger partial charge in [-0.25, -0.2) is 0 Å². The molecule has 0 amide bonds. The van der Waals surface area contributed by atoms with Crippen molar-refractivity contribution in [1.82, 2.24) is 4.57 Å². The van der Waals surface area contributed by atoms with E-state index < -0.39 is 0 Å². The highest BCUT2D eigenvalue weighted by molar-refractivity contribution is 5.34. The molecule has 1 atom stereocenters. The molecule has 0 aliphatic rings. The Labute approximate surface area is 105 Å². The van der Waals surface area contributed by atoms with E-state index >= 15 is 0 Å². The first-order chi connectivity index (χ1) is 7.85. The summed E-state index contributed by atoms with van der Waals surface area (Å²) in [5.41, 5.74) is 9.15. The topological polar surface area (TPSA) is 51.2 Å². The Kier molecular flexibility index (Phi) is 4.39. The molecule has 0 aliphatic carbocycles. The third-order valence-electron chi connectivity index (χ3n) is 3.57. The fourth-order valence-corrected chi connectivity index (χ4v) is 2.32. The monoisotopic (exact) mass is 238 g/mol. The zero-order valence-electron chi connectivity index (χ0n) is 11.7. The Bertz CT molecular complexity index is 376. The SMILES string of the molecule is Cc1cc(C(C)(CN)CO)c(C)n1CC(C)C. The molecule has 1 heterocycles. The van der Waals surface area contributed by atoms with E-state index in [4.69, 9.17) is 5.73 Å². The Morgan fingerprint density at radius 2 is 2.00 bits per heavy atom. The minimum Gasteiger partial charge on any atom is -0.395 e. The van der Waals surface area contributed by atoms with Crippen molar-refractivity contribution in [2.75, 3.05) is 13.2 Å². The molecule has 0 radical (unpaired) electrons. The lowest BCUT2D eigenvalue weighted by Crippen LogP contribution is -2.36. The minimum atomic E-state index is -0.322. The van der Waals surface area contributed by atoms with E-state index in [1.165, 1.54) is 17.0 Å². The van der Waals surface area contributed by atoms with Gasteiger partial charge in [0.05, 0.1) is 6.61 Å². The number of nitrogens with zero attached hydrogens (tertiary/aromatic N) is 1. The van der Waals surface area contributed by atoms with Gasteiger partial charge in [0.15, 0.2) is 0 Å². The van der Waals surface area contributed by atoms with E-state index in [9.17, 15) is 5.11 Å². The number of hydrogen-bond donors (Lipinski definition) is 2. The molecule has 0 saturated heterocycles. The molecule has 0 saturated carbocycles. The Balaban J connectivity index is 3.20. The van der Waals surface area contributed by atoms with Gasteiger partial charge in [0.2, 0.25) is 0 Å². The molecule has 0 aliphatic heterocycles. The van der Waals surface area contributed by atoms with Crippen molar-refractivity contribution < 1.29 is 5.11 Å². The first kappa shape index (κ1) is 14.3. The van der Waals surface area contributed by atoms with Gasteiger partial charge in [0.25, 0.3) is 0 Å². The summed E-state index contributed by atoms with van der Waals surface area (Å²) < 4.78 is 2.32. The smallest absolute Gasteiger partial charge is 0.0538 e. The van der Waals surface area contributed by atoms with E-state index in [0.29, 0.717) is 12.5 Å². The van der Waals surface area contributed by atoms with Crippen molar-refractivity contribution in [1.29, 1.82) is 0 Å². The molecule has 3 heteroatoms. The molecule has 3 nitrogen and oxygen atoms in total. The van der Waals surface area contributed by atoms with Crippen LogP contribution in [0.25, 0.3) is 0 Å². The van der Waals surface area contributed by atoms with E-state index in [1.807, 2.05) is 6.92 Å². The van der Waals surface area contributed by atoms with Crippen LogP contribution in [0.4, 0.5) is 0 Å². The van der Waals surface area contributed by atoms with Gasteiger partial charge in [0, 0.05) is 29.9 Å². The summed E-state index contributed by atoms with van der Waals surface area (Å²) in [5, 5.41) is 9.56. The van der Waals surface area contributed by atoms with Crippen LogP contribution < -0.4 is 5.73 Å². The van der Waals surface area contributed by atoms with Crippen LogP contribution in [0.2, 0.25) is 0 Å².